The lowest BCUT2D eigenvalue weighted by atomic mass is 10.1. The Morgan fingerprint density at radius 1 is 1.30 bits per heavy atom. The van der Waals surface area contributed by atoms with Gasteiger partial charge in [-0.15, -0.1) is 5.10 Å². The molecule has 0 aliphatic carbocycles. The van der Waals surface area contributed by atoms with E-state index in [2.05, 4.69) is 10.1 Å². The second kappa shape index (κ2) is 4.52. The predicted octanol–water partition coefficient (Wildman–Crippen LogP) is 2.07. The molecule has 0 amide bonds. The average molecular weight is 329 g/mol. The van der Waals surface area contributed by atoms with Crippen LogP contribution in [0.2, 0.25) is 5.02 Å². The lowest BCUT2D eigenvalue weighted by molar-refractivity contribution is 0.594. The summed E-state index contributed by atoms with van der Waals surface area (Å²) in [6.07, 6.45) is 0. The SMILES string of the molecule is Cc1c(-c2ccc(Cl)cc2)nc2sc(S(N)(=O)=O)nn12. The summed E-state index contributed by atoms with van der Waals surface area (Å²) in [5.41, 5.74) is 2.37. The summed E-state index contributed by atoms with van der Waals surface area (Å²) < 4.78 is 23.9. The van der Waals surface area contributed by atoms with Gasteiger partial charge in [-0.2, -0.15) is 0 Å². The number of primary sulfonamides is 1. The number of fused-ring (bicyclic) bond motifs is 1. The van der Waals surface area contributed by atoms with Crippen LogP contribution in [0.25, 0.3) is 16.2 Å². The van der Waals surface area contributed by atoms with Crippen LogP contribution in [0.3, 0.4) is 0 Å². The quantitative estimate of drug-likeness (QED) is 0.779. The van der Waals surface area contributed by atoms with Crippen LogP contribution >= 0.6 is 22.9 Å². The molecule has 6 nitrogen and oxygen atoms in total. The fourth-order valence-corrected chi connectivity index (χ4v) is 3.52. The number of sulfonamides is 1. The zero-order chi connectivity index (χ0) is 14.5. The highest BCUT2D eigenvalue weighted by molar-refractivity contribution is 7.91. The summed E-state index contributed by atoms with van der Waals surface area (Å²) in [6, 6.07) is 7.24. The molecule has 0 saturated heterocycles. The van der Waals surface area contributed by atoms with Crippen molar-refractivity contribution in [2.45, 2.75) is 11.3 Å². The molecule has 2 heterocycles. The number of nitrogens with zero attached hydrogens (tertiary/aromatic N) is 3. The first-order chi connectivity index (χ1) is 9.36. The Bertz CT molecular complexity index is 897. The molecular weight excluding hydrogens is 320 g/mol. The summed E-state index contributed by atoms with van der Waals surface area (Å²) >= 11 is 6.79. The summed E-state index contributed by atoms with van der Waals surface area (Å²) in [6.45, 7) is 1.82. The van der Waals surface area contributed by atoms with Crippen LogP contribution in [0.4, 0.5) is 0 Å². The van der Waals surface area contributed by atoms with Crippen molar-refractivity contribution in [2.24, 2.45) is 5.14 Å². The number of imidazole rings is 1. The van der Waals surface area contributed by atoms with E-state index >= 15 is 0 Å². The van der Waals surface area contributed by atoms with E-state index < -0.39 is 10.0 Å². The highest BCUT2D eigenvalue weighted by Gasteiger charge is 2.19. The first-order valence-corrected chi connectivity index (χ1v) is 8.25. The Balaban J connectivity index is 2.18. The van der Waals surface area contributed by atoms with Crippen LogP contribution in [0.1, 0.15) is 5.69 Å². The van der Waals surface area contributed by atoms with Crippen molar-refractivity contribution in [1.29, 1.82) is 0 Å². The van der Waals surface area contributed by atoms with Gasteiger partial charge in [-0.05, 0) is 19.1 Å². The van der Waals surface area contributed by atoms with Crippen molar-refractivity contribution >= 4 is 37.9 Å². The van der Waals surface area contributed by atoms with Gasteiger partial charge in [0.05, 0.1) is 11.4 Å². The fourth-order valence-electron chi connectivity index (χ4n) is 1.83. The van der Waals surface area contributed by atoms with Gasteiger partial charge < -0.3 is 0 Å². The molecule has 0 radical (unpaired) electrons. The van der Waals surface area contributed by atoms with E-state index in [1.165, 1.54) is 4.52 Å². The molecule has 3 aromatic rings. The van der Waals surface area contributed by atoms with Gasteiger partial charge in [0.2, 0.25) is 9.30 Å². The standard InChI is InChI=1S/C11H9ClN4O2S2/c1-6-9(7-2-4-8(12)5-3-7)14-10-16(6)15-11(19-10)20(13,17)18/h2-5H,1H3,(H2,13,17,18). The molecule has 104 valence electrons. The fraction of sp³-hybridized carbons (Fsp3) is 0.0909. The van der Waals surface area contributed by atoms with Crippen molar-refractivity contribution in [3.8, 4) is 11.3 Å². The number of halogens is 1. The lowest BCUT2D eigenvalue weighted by Crippen LogP contribution is -2.12. The largest absolute Gasteiger partial charge is 0.267 e. The van der Waals surface area contributed by atoms with Crippen molar-refractivity contribution < 1.29 is 8.42 Å². The smallest absolute Gasteiger partial charge is 0.223 e. The minimum Gasteiger partial charge on any atom is -0.223 e. The highest BCUT2D eigenvalue weighted by atomic mass is 35.5. The summed E-state index contributed by atoms with van der Waals surface area (Å²) in [4.78, 5) is 4.89. The number of hydrogen-bond acceptors (Lipinski definition) is 5. The molecule has 0 unspecified atom stereocenters. The Labute approximate surface area is 123 Å². The maximum atomic E-state index is 11.3. The molecule has 0 saturated carbocycles. The first-order valence-electron chi connectivity index (χ1n) is 5.51. The molecule has 20 heavy (non-hydrogen) atoms. The third-order valence-corrected chi connectivity index (χ3v) is 5.24. The van der Waals surface area contributed by atoms with Gasteiger partial charge in [-0.1, -0.05) is 35.1 Å². The van der Waals surface area contributed by atoms with Crippen LogP contribution < -0.4 is 5.14 Å². The summed E-state index contributed by atoms with van der Waals surface area (Å²) in [7, 11) is -3.81. The number of aryl methyl sites for hydroxylation is 1. The minimum atomic E-state index is -3.81. The van der Waals surface area contributed by atoms with Gasteiger partial charge in [-0.25, -0.2) is 23.1 Å². The van der Waals surface area contributed by atoms with Crippen molar-refractivity contribution in [3.63, 3.8) is 0 Å². The molecule has 0 fully saturated rings. The molecular formula is C11H9ClN4O2S2. The van der Waals surface area contributed by atoms with E-state index in [4.69, 9.17) is 16.7 Å². The molecule has 0 aliphatic heterocycles. The van der Waals surface area contributed by atoms with Gasteiger partial charge in [0.25, 0.3) is 10.0 Å². The van der Waals surface area contributed by atoms with E-state index in [0.29, 0.717) is 9.98 Å². The molecule has 0 aliphatic rings. The van der Waals surface area contributed by atoms with E-state index in [1.807, 2.05) is 19.1 Å². The molecule has 0 atom stereocenters. The molecule has 2 N–H and O–H groups in total. The van der Waals surface area contributed by atoms with Crippen molar-refractivity contribution in [1.82, 2.24) is 14.6 Å². The number of hydrogen-bond donors (Lipinski definition) is 1. The average Bonchev–Trinajstić information content (AvgIpc) is 2.91. The second-order valence-corrected chi connectivity index (χ2v) is 7.29. The van der Waals surface area contributed by atoms with E-state index in [-0.39, 0.29) is 4.34 Å². The third-order valence-electron chi connectivity index (χ3n) is 2.77. The maximum Gasteiger partial charge on any atom is 0.267 e. The number of rotatable bonds is 2. The monoisotopic (exact) mass is 328 g/mol. The number of nitrogens with two attached hydrogens (primary N) is 1. The Hall–Kier alpha value is -1.48. The molecule has 9 heteroatoms. The number of aromatic nitrogens is 3. The van der Waals surface area contributed by atoms with Gasteiger partial charge in [-0.3, -0.25) is 0 Å². The second-order valence-electron chi connectivity index (χ2n) is 4.16. The van der Waals surface area contributed by atoms with Crippen LogP contribution in [0, 0.1) is 6.92 Å². The maximum absolute atomic E-state index is 11.3. The molecule has 3 rings (SSSR count). The highest BCUT2D eigenvalue weighted by Crippen LogP contribution is 2.28. The summed E-state index contributed by atoms with van der Waals surface area (Å²) in [5, 5.41) is 9.68. The Kier molecular flexibility index (Phi) is 3.05. The minimum absolute atomic E-state index is 0.147. The molecule has 1 aromatic carbocycles. The topological polar surface area (TPSA) is 90.3 Å². The van der Waals surface area contributed by atoms with Crippen molar-refractivity contribution in [3.05, 3.63) is 35.0 Å². The molecule has 0 bridgehead atoms. The van der Waals surface area contributed by atoms with Crippen molar-refractivity contribution in [2.75, 3.05) is 0 Å². The van der Waals surface area contributed by atoms with Crippen LogP contribution in [-0.2, 0) is 10.0 Å². The van der Waals surface area contributed by atoms with E-state index in [9.17, 15) is 8.42 Å². The normalized spacial score (nSPS) is 12.2. The van der Waals surface area contributed by atoms with Gasteiger partial charge in [0.15, 0.2) is 0 Å². The third kappa shape index (κ3) is 2.20. The van der Waals surface area contributed by atoms with Crippen LogP contribution in [0.5, 0.6) is 0 Å². The van der Waals surface area contributed by atoms with Crippen LogP contribution in [0.15, 0.2) is 28.6 Å². The lowest BCUT2D eigenvalue weighted by Gasteiger charge is -1.99. The first kappa shape index (κ1) is 13.5. The number of benzene rings is 1. The van der Waals surface area contributed by atoms with Gasteiger partial charge in [0, 0.05) is 10.6 Å². The zero-order valence-electron chi connectivity index (χ0n) is 10.2. The van der Waals surface area contributed by atoms with Gasteiger partial charge in [0.1, 0.15) is 0 Å². The summed E-state index contributed by atoms with van der Waals surface area (Å²) in [5.74, 6) is 0. The predicted molar refractivity (Wildman–Crippen MR) is 77.4 cm³/mol. The van der Waals surface area contributed by atoms with Gasteiger partial charge >= 0.3 is 0 Å². The van der Waals surface area contributed by atoms with E-state index in [1.54, 1.807) is 12.1 Å². The Morgan fingerprint density at radius 3 is 2.50 bits per heavy atom. The Morgan fingerprint density at radius 2 is 1.95 bits per heavy atom. The van der Waals surface area contributed by atoms with Crippen LogP contribution in [-0.4, -0.2) is 23.0 Å². The molecule has 2 aromatic heterocycles. The van der Waals surface area contributed by atoms with E-state index in [0.717, 1.165) is 28.3 Å². The zero-order valence-corrected chi connectivity index (χ0v) is 12.6. The molecule has 0 spiro atoms.